The van der Waals surface area contributed by atoms with Crippen LogP contribution in [0.15, 0.2) is 30.3 Å². The number of aryl methyl sites for hydroxylation is 1. The first-order valence-electron chi connectivity index (χ1n) is 4.49. The van der Waals surface area contributed by atoms with Gasteiger partial charge in [-0.1, -0.05) is 30.3 Å². The molecule has 1 aromatic carbocycles. The Bertz CT molecular complexity index is 529. The van der Waals surface area contributed by atoms with Crippen molar-refractivity contribution in [3.8, 4) is 11.3 Å². The molecular weight excluding hydrogens is 190 g/mol. The Morgan fingerprint density at radius 2 is 1.93 bits per heavy atom. The molecule has 0 fully saturated rings. The average Bonchev–Trinajstić information content (AvgIpc) is 2.25. The fourth-order valence-corrected chi connectivity index (χ4v) is 1.29. The Hall–Kier alpha value is -2.17. The molecule has 0 aliphatic carbocycles. The highest BCUT2D eigenvalue weighted by Gasteiger charge is 2.06. The zero-order valence-electron chi connectivity index (χ0n) is 8.31. The highest BCUT2D eigenvalue weighted by Crippen LogP contribution is 2.18. The zero-order chi connectivity index (χ0) is 10.8. The van der Waals surface area contributed by atoms with Gasteiger partial charge in [0.2, 0.25) is 5.62 Å². The molecule has 3 N–H and O–H groups in total. The van der Waals surface area contributed by atoms with Crippen LogP contribution >= 0.6 is 0 Å². The van der Waals surface area contributed by atoms with Crippen LogP contribution in [0.1, 0.15) is 0 Å². The van der Waals surface area contributed by atoms with Crippen LogP contribution in [0, 0.1) is 5.41 Å². The summed E-state index contributed by atoms with van der Waals surface area (Å²) in [4.78, 5) is 3.89. The summed E-state index contributed by atoms with van der Waals surface area (Å²) in [6.45, 7) is 0. The van der Waals surface area contributed by atoms with Gasteiger partial charge in [0.15, 0.2) is 5.82 Å². The third-order valence-electron chi connectivity index (χ3n) is 2.07. The molecule has 1 aromatic heterocycles. The van der Waals surface area contributed by atoms with E-state index >= 15 is 0 Å². The first kappa shape index (κ1) is 9.39. The molecule has 0 radical (unpaired) electrons. The summed E-state index contributed by atoms with van der Waals surface area (Å²) in [5.41, 5.74) is 7.27. The summed E-state index contributed by atoms with van der Waals surface area (Å²) in [6, 6.07) is 9.55. The van der Waals surface area contributed by atoms with E-state index in [1.807, 2.05) is 30.3 Å². The van der Waals surface area contributed by atoms with Gasteiger partial charge in [-0.3, -0.25) is 5.41 Å². The molecule has 0 atom stereocenters. The second-order valence-corrected chi connectivity index (χ2v) is 3.16. The maximum absolute atomic E-state index is 7.43. The molecule has 0 aliphatic heterocycles. The molecule has 0 spiro atoms. The largest absolute Gasteiger partial charge is 0.382 e. The highest BCUT2D eigenvalue weighted by molar-refractivity contribution is 5.68. The van der Waals surface area contributed by atoms with Crippen molar-refractivity contribution in [2.24, 2.45) is 7.05 Å². The van der Waals surface area contributed by atoms with Crippen LogP contribution in [0.3, 0.4) is 0 Å². The number of rotatable bonds is 1. The third kappa shape index (κ3) is 1.71. The van der Waals surface area contributed by atoms with Crippen molar-refractivity contribution in [1.82, 2.24) is 14.8 Å². The fourth-order valence-electron chi connectivity index (χ4n) is 1.29. The van der Waals surface area contributed by atoms with Crippen molar-refractivity contribution in [3.63, 3.8) is 0 Å². The van der Waals surface area contributed by atoms with Crippen molar-refractivity contribution in [2.45, 2.75) is 0 Å². The minimum atomic E-state index is 0.0483. The van der Waals surface area contributed by atoms with E-state index in [-0.39, 0.29) is 11.4 Å². The van der Waals surface area contributed by atoms with Crippen molar-refractivity contribution in [3.05, 3.63) is 36.0 Å². The van der Waals surface area contributed by atoms with Gasteiger partial charge in [-0.2, -0.15) is 10.1 Å². The summed E-state index contributed by atoms with van der Waals surface area (Å²) in [5, 5.41) is 11.6. The van der Waals surface area contributed by atoms with Gasteiger partial charge >= 0.3 is 0 Å². The lowest BCUT2D eigenvalue weighted by Gasteiger charge is -2.05. The van der Waals surface area contributed by atoms with E-state index in [1.54, 1.807) is 7.05 Å². The van der Waals surface area contributed by atoms with Crippen LogP contribution in [0.2, 0.25) is 0 Å². The summed E-state index contributed by atoms with van der Waals surface area (Å²) < 4.78 is 1.39. The number of nitrogen functional groups attached to an aromatic ring is 1. The standard InChI is InChI=1S/C10H11N5/c1-15-10(12)13-9(11)8(14-15)7-5-3-2-4-6-7/h2-6H,1H3,(H3,11,12,13). The molecular formula is C10H11N5. The smallest absolute Gasteiger partial charge is 0.240 e. The van der Waals surface area contributed by atoms with E-state index in [1.165, 1.54) is 4.68 Å². The summed E-state index contributed by atoms with van der Waals surface area (Å²) >= 11 is 0. The molecule has 5 heteroatoms. The predicted molar refractivity (Wildman–Crippen MR) is 56.7 cm³/mol. The molecule has 0 amide bonds. The Labute approximate surface area is 86.7 Å². The van der Waals surface area contributed by atoms with Gasteiger partial charge < -0.3 is 5.73 Å². The molecule has 76 valence electrons. The van der Waals surface area contributed by atoms with Gasteiger partial charge in [-0.05, 0) is 0 Å². The lowest BCUT2D eigenvalue weighted by molar-refractivity contribution is 0.652. The number of anilines is 1. The molecule has 0 saturated carbocycles. The van der Waals surface area contributed by atoms with Crippen molar-refractivity contribution in [1.29, 1.82) is 5.41 Å². The van der Waals surface area contributed by atoms with E-state index in [9.17, 15) is 0 Å². The van der Waals surface area contributed by atoms with Gasteiger partial charge in [0.1, 0.15) is 5.69 Å². The monoisotopic (exact) mass is 201 g/mol. The second-order valence-electron chi connectivity index (χ2n) is 3.16. The molecule has 1 heterocycles. The SMILES string of the molecule is Cn1nc(-c2ccccc2)c(N)nc1=N. The van der Waals surface area contributed by atoms with Crippen molar-refractivity contribution in [2.75, 3.05) is 5.73 Å². The molecule has 2 rings (SSSR count). The summed E-state index contributed by atoms with van der Waals surface area (Å²) in [6.07, 6.45) is 0. The molecule has 0 saturated heterocycles. The van der Waals surface area contributed by atoms with E-state index < -0.39 is 0 Å². The first-order chi connectivity index (χ1) is 7.18. The van der Waals surface area contributed by atoms with Gasteiger partial charge in [0.25, 0.3) is 0 Å². The molecule has 15 heavy (non-hydrogen) atoms. The maximum Gasteiger partial charge on any atom is 0.240 e. The molecule has 0 bridgehead atoms. The Kier molecular flexibility index (Phi) is 2.21. The number of aromatic nitrogens is 3. The molecule has 0 aliphatic rings. The fraction of sp³-hybridized carbons (Fsp3) is 0.100. The summed E-state index contributed by atoms with van der Waals surface area (Å²) in [7, 11) is 1.67. The number of benzene rings is 1. The number of hydrogen-bond acceptors (Lipinski definition) is 4. The quantitative estimate of drug-likeness (QED) is 0.706. The minimum absolute atomic E-state index is 0.0483. The van der Waals surface area contributed by atoms with Crippen molar-refractivity contribution < 1.29 is 0 Å². The maximum atomic E-state index is 7.43. The average molecular weight is 201 g/mol. The lowest BCUT2D eigenvalue weighted by Crippen LogP contribution is -2.24. The number of nitrogens with one attached hydrogen (secondary N) is 1. The summed E-state index contributed by atoms with van der Waals surface area (Å²) in [5.74, 6) is 0.282. The van der Waals surface area contributed by atoms with Gasteiger partial charge in [0, 0.05) is 12.6 Å². The predicted octanol–water partition coefficient (Wildman–Crippen LogP) is 0.544. The van der Waals surface area contributed by atoms with E-state index in [4.69, 9.17) is 11.1 Å². The normalized spacial score (nSPS) is 10.2. The first-order valence-corrected chi connectivity index (χ1v) is 4.49. The Balaban J connectivity index is 2.64. The van der Waals surface area contributed by atoms with Crippen LogP contribution in [0.25, 0.3) is 11.3 Å². The van der Waals surface area contributed by atoms with Crippen LogP contribution in [-0.4, -0.2) is 14.8 Å². The van der Waals surface area contributed by atoms with Crippen LogP contribution in [0.4, 0.5) is 5.82 Å². The number of hydrogen-bond donors (Lipinski definition) is 2. The Morgan fingerprint density at radius 1 is 1.27 bits per heavy atom. The second kappa shape index (κ2) is 3.53. The van der Waals surface area contributed by atoms with E-state index in [0.29, 0.717) is 5.69 Å². The Morgan fingerprint density at radius 3 is 2.60 bits per heavy atom. The number of nitrogens with zero attached hydrogens (tertiary/aromatic N) is 3. The topological polar surface area (TPSA) is 80.6 Å². The zero-order valence-corrected chi connectivity index (χ0v) is 8.31. The number of nitrogens with two attached hydrogens (primary N) is 1. The van der Waals surface area contributed by atoms with Crippen LogP contribution < -0.4 is 11.4 Å². The van der Waals surface area contributed by atoms with E-state index in [0.717, 1.165) is 5.56 Å². The van der Waals surface area contributed by atoms with Crippen LogP contribution in [-0.2, 0) is 7.05 Å². The third-order valence-corrected chi connectivity index (χ3v) is 2.07. The lowest BCUT2D eigenvalue weighted by atomic mass is 10.1. The van der Waals surface area contributed by atoms with Gasteiger partial charge in [-0.15, -0.1) is 0 Å². The van der Waals surface area contributed by atoms with E-state index in [2.05, 4.69) is 10.1 Å². The van der Waals surface area contributed by atoms with Crippen LogP contribution in [0.5, 0.6) is 0 Å². The molecule has 0 unspecified atom stereocenters. The highest BCUT2D eigenvalue weighted by atomic mass is 15.3. The van der Waals surface area contributed by atoms with Gasteiger partial charge in [0.05, 0.1) is 0 Å². The molecule has 5 nitrogen and oxygen atoms in total. The minimum Gasteiger partial charge on any atom is -0.382 e. The van der Waals surface area contributed by atoms with Gasteiger partial charge in [-0.25, -0.2) is 4.68 Å². The van der Waals surface area contributed by atoms with Crippen molar-refractivity contribution >= 4 is 5.82 Å². The molecule has 2 aromatic rings.